The molecule has 0 saturated heterocycles. The molecule has 0 spiro atoms. The molecule has 0 fully saturated rings. The number of rotatable bonds is 7. The molecule has 4 nitrogen and oxygen atoms in total. The SMILES string of the molecule is CCC(CC)n1ccc(COc2cccc(C(C)O)c2)n1. The van der Waals surface area contributed by atoms with E-state index in [1.54, 1.807) is 6.92 Å². The van der Waals surface area contributed by atoms with Gasteiger partial charge in [0.2, 0.25) is 0 Å². The fourth-order valence-electron chi connectivity index (χ4n) is 2.34. The zero-order valence-corrected chi connectivity index (χ0v) is 13.0. The lowest BCUT2D eigenvalue weighted by Gasteiger charge is -2.12. The second-order valence-electron chi connectivity index (χ2n) is 5.29. The molecule has 0 aliphatic carbocycles. The molecule has 0 amide bonds. The van der Waals surface area contributed by atoms with Crippen LogP contribution >= 0.6 is 0 Å². The first-order chi connectivity index (χ1) is 10.1. The van der Waals surface area contributed by atoms with Crippen molar-refractivity contribution < 1.29 is 9.84 Å². The van der Waals surface area contributed by atoms with Crippen LogP contribution in [0.15, 0.2) is 36.5 Å². The van der Waals surface area contributed by atoms with Gasteiger partial charge < -0.3 is 9.84 Å². The molecule has 0 aliphatic rings. The number of ether oxygens (including phenoxy) is 1. The summed E-state index contributed by atoms with van der Waals surface area (Å²) < 4.78 is 7.78. The van der Waals surface area contributed by atoms with Crippen molar-refractivity contribution >= 4 is 0 Å². The predicted octanol–water partition coefficient (Wildman–Crippen LogP) is 3.88. The van der Waals surface area contributed by atoms with Gasteiger partial charge >= 0.3 is 0 Å². The topological polar surface area (TPSA) is 47.3 Å². The molecular formula is C17H24N2O2. The Kier molecular flexibility index (Phi) is 5.39. The van der Waals surface area contributed by atoms with E-state index in [-0.39, 0.29) is 0 Å². The summed E-state index contributed by atoms with van der Waals surface area (Å²) in [6.45, 7) is 6.54. The first kappa shape index (κ1) is 15.6. The van der Waals surface area contributed by atoms with Crippen LogP contribution in [0.3, 0.4) is 0 Å². The molecule has 1 aromatic carbocycles. The predicted molar refractivity (Wildman–Crippen MR) is 83.3 cm³/mol. The monoisotopic (exact) mass is 288 g/mol. The number of benzene rings is 1. The lowest BCUT2D eigenvalue weighted by Crippen LogP contribution is -2.08. The largest absolute Gasteiger partial charge is 0.487 e. The minimum absolute atomic E-state index is 0.441. The summed E-state index contributed by atoms with van der Waals surface area (Å²) in [5, 5.41) is 14.1. The van der Waals surface area contributed by atoms with Crippen molar-refractivity contribution in [3.63, 3.8) is 0 Å². The summed E-state index contributed by atoms with van der Waals surface area (Å²) in [5.74, 6) is 0.755. The summed E-state index contributed by atoms with van der Waals surface area (Å²) >= 11 is 0. The van der Waals surface area contributed by atoms with E-state index < -0.39 is 6.10 Å². The number of aliphatic hydroxyl groups is 1. The maximum atomic E-state index is 9.58. The molecule has 0 bridgehead atoms. The fraction of sp³-hybridized carbons (Fsp3) is 0.471. The Morgan fingerprint density at radius 2 is 2.00 bits per heavy atom. The van der Waals surface area contributed by atoms with Crippen LogP contribution in [0.2, 0.25) is 0 Å². The molecule has 4 heteroatoms. The van der Waals surface area contributed by atoms with Gasteiger partial charge in [-0.15, -0.1) is 0 Å². The quantitative estimate of drug-likeness (QED) is 0.841. The van der Waals surface area contributed by atoms with Gasteiger partial charge in [0.25, 0.3) is 0 Å². The number of hydrogen-bond acceptors (Lipinski definition) is 3. The number of hydrogen-bond donors (Lipinski definition) is 1. The van der Waals surface area contributed by atoms with E-state index >= 15 is 0 Å². The molecule has 21 heavy (non-hydrogen) atoms. The first-order valence-electron chi connectivity index (χ1n) is 7.58. The van der Waals surface area contributed by atoms with Crippen LogP contribution in [0.4, 0.5) is 0 Å². The van der Waals surface area contributed by atoms with Crippen molar-refractivity contribution in [1.82, 2.24) is 9.78 Å². The molecule has 114 valence electrons. The highest BCUT2D eigenvalue weighted by atomic mass is 16.5. The van der Waals surface area contributed by atoms with Crippen LogP contribution < -0.4 is 4.74 Å². The first-order valence-corrected chi connectivity index (χ1v) is 7.58. The van der Waals surface area contributed by atoms with Gasteiger partial charge in [0.05, 0.1) is 17.8 Å². The van der Waals surface area contributed by atoms with Gasteiger partial charge in [0.15, 0.2) is 0 Å². The van der Waals surface area contributed by atoms with Crippen LogP contribution in [-0.4, -0.2) is 14.9 Å². The molecule has 2 aromatic rings. The summed E-state index contributed by atoms with van der Waals surface area (Å²) in [7, 11) is 0. The van der Waals surface area contributed by atoms with Crippen LogP contribution in [0.5, 0.6) is 5.75 Å². The Labute approximate surface area is 126 Å². The van der Waals surface area contributed by atoms with Gasteiger partial charge in [0.1, 0.15) is 12.4 Å². The third-order valence-electron chi connectivity index (χ3n) is 3.71. The molecule has 0 aliphatic heterocycles. The smallest absolute Gasteiger partial charge is 0.132 e. The van der Waals surface area contributed by atoms with E-state index in [0.29, 0.717) is 12.6 Å². The standard InChI is InChI=1S/C17H24N2O2/c1-4-16(5-2)19-10-9-15(18-19)12-21-17-8-6-7-14(11-17)13(3)20/h6-11,13,16,20H,4-5,12H2,1-3H3. The van der Waals surface area contributed by atoms with Crippen LogP contribution in [0.1, 0.15) is 57.0 Å². The fourth-order valence-corrected chi connectivity index (χ4v) is 2.34. The van der Waals surface area contributed by atoms with Gasteiger partial charge in [-0.1, -0.05) is 26.0 Å². The van der Waals surface area contributed by atoms with Crippen molar-refractivity contribution in [2.24, 2.45) is 0 Å². The number of aliphatic hydroxyl groups excluding tert-OH is 1. The molecular weight excluding hydrogens is 264 g/mol. The summed E-state index contributed by atoms with van der Waals surface area (Å²) in [6.07, 6.45) is 3.69. The van der Waals surface area contributed by atoms with Crippen LogP contribution in [0.25, 0.3) is 0 Å². The Morgan fingerprint density at radius 3 is 2.67 bits per heavy atom. The van der Waals surface area contributed by atoms with Crippen LogP contribution in [-0.2, 0) is 6.61 Å². The van der Waals surface area contributed by atoms with Gasteiger partial charge in [-0.25, -0.2) is 0 Å². The second-order valence-corrected chi connectivity index (χ2v) is 5.29. The van der Waals surface area contributed by atoms with E-state index in [2.05, 4.69) is 18.9 Å². The van der Waals surface area contributed by atoms with E-state index in [1.807, 2.05) is 41.2 Å². The zero-order valence-electron chi connectivity index (χ0n) is 13.0. The summed E-state index contributed by atoms with van der Waals surface area (Å²) in [5.41, 5.74) is 1.78. The van der Waals surface area contributed by atoms with Crippen LogP contribution in [0, 0.1) is 0 Å². The highest BCUT2D eigenvalue weighted by molar-refractivity contribution is 5.29. The average molecular weight is 288 g/mol. The second kappa shape index (κ2) is 7.27. The van der Waals surface area contributed by atoms with Gasteiger partial charge in [-0.2, -0.15) is 5.10 Å². The van der Waals surface area contributed by atoms with Crippen molar-refractivity contribution in [2.75, 3.05) is 0 Å². The summed E-state index contributed by atoms with van der Waals surface area (Å²) in [6, 6.07) is 9.99. The Bertz CT molecular complexity index is 559. The van der Waals surface area contributed by atoms with E-state index in [9.17, 15) is 5.11 Å². The molecule has 0 saturated carbocycles. The lowest BCUT2D eigenvalue weighted by molar-refractivity contribution is 0.198. The van der Waals surface area contributed by atoms with Gasteiger partial charge in [-0.05, 0) is 43.5 Å². The molecule has 1 unspecified atom stereocenters. The van der Waals surface area contributed by atoms with Crippen molar-refractivity contribution in [2.45, 2.75) is 52.4 Å². The van der Waals surface area contributed by atoms with E-state index in [4.69, 9.17) is 4.74 Å². The third kappa shape index (κ3) is 4.08. The number of aromatic nitrogens is 2. The molecule has 1 atom stereocenters. The Balaban J connectivity index is 1.98. The zero-order chi connectivity index (χ0) is 15.2. The summed E-state index contributed by atoms with van der Waals surface area (Å²) in [4.78, 5) is 0. The minimum atomic E-state index is -0.484. The van der Waals surface area contributed by atoms with Crippen molar-refractivity contribution in [3.8, 4) is 5.75 Å². The molecule has 0 radical (unpaired) electrons. The Morgan fingerprint density at radius 1 is 1.24 bits per heavy atom. The molecule has 2 rings (SSSR count). The van der Waals surface area contributed by atoms with E-state index in [1.165, 1.54) is 0 Å². The third-order valence-corrected chi connectivity index (χ3v) is 3.71. The lowest BCUT2D eigenvalue weighted by atomic mass is 10.1. The highest BCUT2D eigenvalue weighted by Gasteiger charge is 2.08. The van der Waals surface area contributed by atoms with Gasteiger partial charge in [0, 0.05) is 6.20 Å². The highest BCUT2D eigenvalue weighted by Crippen LogP contribution is 2.20. The average Bonchev–Trinajstić information content (AvgIpc) is 2.95. The van der Waals surface area contributed by atoms with E-state index in [0.717, 1.165) is 29.8 Å². The van der Waals surface area contributed by atoms with Crippen molar-refractivity contribution in [1.29, 1.82) is 0 Å². The normalized spacial score (nSPS) is 12.6. The maximum absolute atomic E-state index is 9.58. The molecule has 1 aromatic heterocycles. The minimum Gasteiger partial charge on any atom is -0.487 e. The number of nitrogens with zero attached hydrogens (tertiary/aromatic N) is 2. The van der Waals surface area contributed by atoms with Gasteiger partial charge in [-0.3, -0.25) is 4.68 Å². The Hall–Kier alpha value is -1.81. The van der Waals surface area contributed by atoms with Crippen molar-refractivity contribution in [3.05, 3.63) is 47.8 Å². The molecule has 1 heterocycles. The maximum Gasteiger partial charge on any atom is 0.132 e. The molecule has 1 N–H and O–H groups in total.